The van der Waals surface area contributed by atoms with Gasteiger partial charge in [-0.1, -0.05) is 0 Å². The van der Waals surface area contributed by atoms with Crippen LogP contribution in [-0.2, 0) is 4.79 Å². The van der Waals surface area contributed by atoms with Gasteiger partial charge in [0.1, 0.15) is 5.75 Å². The van der Waals surface area contributed by atoms with E-state index in [-0.39, 0.29) is 24.2 Å². The average molecular weight is 278 g/mol. The third-order valence-corrected chi connectivity index (χ3v) is 3.45. The van der Waals surface area contributed by atoms with Crippen molar-refractivity contribution in [2.75, 3.05) is 6.61 Å². The van der Waals surface area contributed by atoms with Crippen LogP contribution in [0.2, 0.25) is 0 Å². The summed E-state index contributed by atoms with van der Waals surface area (Å²) in [5.74, 6) is 0.892. The van der Waals surface area contributed by atoms with E-state index in [4.69, 9.17) is 4.74 Å². The van der Waals surface area contributed by atoms with Gasteiger partial charge < -0.3 is 10.1 Å². The molecular weight excluding hydrogens is 260 g/mol. The molecule has 0 spiro atoms. The minimum atomic E-state index is -0.441. The van der Waals surface area contributed by atoms with Gasteiger partial charge >= 0.3 is 0 Å². The summed E-state index contributed by atoms with van der Waals surface area (Å²) in [7, 11) is 0. The Bertz CT molecular complexity index is 526. The van der Waals surface area contributed by atoms with Gasteiger partial charge in [0.2, 0.25) is 0 Å². The molecule has 0 bridgehead atoms. The van der Waals surface area contributed by atoms with Crippen LogP contribution in [-0.4, -0.2) is 23.5 Å². The first kappa shape index (κ1) is 14.3. The predicted molar refractivity (Wildman–Crippen MR) is 73.7 cm³/mol. The Balaban J connectivity index is 1.85. The lowest BCUT2D eigenvalue weighted by Crippen LogP contribution is -2.37. The Kier molecular flexibility index (Phi) is 4.22. The number of hydrogen-bond acceptors (Lipinski definition) is 4. The highest BCUT2D eigenvalue weighted by Gasteiger charge is 2.28. The number of carbonyl (C=O) groups is 1. The number of nitrogens with zero attached hydrogens (tertiary/aromatic N) is 1. The summed E-state index contributed by atoms with van der Waals surface area (Å²) >= 11 is 0. The maximum Gasteiger partial charge on any atom is 0.272 e. The molecule has 1 aliphatic rings. The number of amides is 1. The highest BCUT2D eigenvalue weighted by atomic mass is 16.6. The highest BCUT2D eigenvalue weighted by molar-refractivity contribution is 5.77. The zero-order valence-electron chi connectivity index (χ0n) is 11.6. The molecule has 1 N–H and O–H groups in total. The lowest BCUT2D eigenvalue weighted by molar-refractivity contribution is -0.385. The Labute approximate surface area is 117 Å². The molecule has 0 radical (unpaired) electrons. The first-order valence-electron chi connectivity index (χ1n) is 6.64. The molecule has 2 rings (SSSR count). The second-order valence-electron chi connectivity index (χ2n) is 5.19. The Morgan fingerprint density at radius 2 is 2.25 bits per heavy atom. The van der Waals surface area contributed by atoms with Crippen LogP contribution in [0.25, 0.3) is 0 Å². The van der Waals surface area contributed by atoms with Crippen molar-refractivity contribution in [3.63, 3.8) is 0 Å². The smallest absolute Gasteiger partial charge is 0.272 e. The molecule has 108 valence electrons. The Morgan fingerprint density at radius 1 is 1.55 bits per heavy atom. The Hall–Kier alpha value is -2.11. The number of rotatable bonds is 6. The summed E-state index contributed by atoms with van der Waals surface area (Å²) in [6.45, 7) is 3.56. The summed E-state index contributed by atoms with van der Waals surface area (Å²) in [6.07, 6.45) is 2.34. The van der Waals surface area contributed by atoms with Crippen LogP contribution in [0.3, 0.4) is 0 Å². The number of nitrogens with one attached hydrogen (secondary N) is 1. The molecule has 0 heterocycles. The zero-order valence-corrected chi connectivity index (χ0v) is 11.6. The standard InChI is InChI=1S/C14H18N2O4/c1-9-7-12(5-6-13(9)16(18)19)20-8-14(17)15-10(2)11-3-4-11/h5-7,10-11H,3-4,8H2,1-2H3,(H,15,17)/t10-/m0/s1. The van der Waals surface area contributed by atoms with E-state index in [0.29, 0.717) is 17.2 Å². The summed E-state index contributed by atoms with van der Waals surface area (Å²) in [6, 6.07) is 4.64. The molecule has 1 saturated carbocycles. The van der Waals surface area contributed by atoms with E-state index in [0.717, 1.165) is 0 Å². The minimum absolute atomic E-state index is 0.0455. The second kappa shape index (κ2) is 5.90. The van der Waals surface area contributed by atoms with Crippen molar-refractivity contribution in [1.29, 1.82) is 0 Å². The molecule has 0 unspecified atom stereocenters. The first-order valence-corrected chi connectivity index (χ1v) is 6.64. The van der Waals surface area contributed by atoms with Crippen LogP contribution in [0.4, 0.5) is 5.69 Å². The fraction of sp³-hybridized carbons (Fsp3) is 0.500. The number of aryl methyl sites for hydroxylation is 1. The largest absolute Gasteiger partial charge is 0.484 e. The van der Waals surface area contributed by atoms with Gasteiger partial charge in [0.15, 0.2) is 6.61 Å². The van der Waals surface area contributed by atoms with Crippen molar-refractivity contribution in [3.8, 4) is 5.75 Å². The van der Waals surface area contributed by atoms with Crippen molar-refractivity contribution in [1.82, 2.24) is 5.32 Å². The lowest BCUT2D eigenvalue weighted by Gasteiger charge is -2.13. The number of hydrogen-bond donors (Lipinski definition) is 1. The van der Waals surface area contributed by atoms with Gasteiger partial charge in [0.25, 0.3) is 11.6 Å². The van der Waals surface area contributed by atoms with Gasteiger partial charge in [0.05, 0.1) is 4.92 Å². The van der Waals surface area contributed by atoms with Gasteiger partial charge in [-0.25, -0.2) is 0 Å². The van der Waals surface area contributed by atoms with Crippen molar-refractivity contribution in [3.05, 3.63) is 33.9 Å². The molecule has 1 atom stereocenters. The molecule has 1 fully saturated rings. The van der Waals surface area contributed by atoms with Crippen LogP contribution >= 0.6 is 0 Å². The van der Waals surface area contributed by atoms with Crippen molar-refractivity contribution in [2.24, 2.45) is 5.92 Å². The van der Waals surface area contributed by atoms with E-state index in [1.165, 1.54) is 25.0 Å². The fourth-order valence-corrected chi connectivity index (χ4v) is 2.08. The van der Waals surface area contributed by atoms with Gasteiger partial charge in [0, 0.05) is 17.7 Å². The molecule has 6 heteroatoms. The molecule has 0 saturated heterocycles. The van der Waals surface area contributed by atoms with Crippen LogP contribution in [0, 0.1) is 23.0 Å². The molecule has 20 heavy (non-hydrogen) atoms. The maximum absolute atomic E-state index is 11.7. The van der Waals surface area contributed by atoms with E-state index < -0.39 is 4.92 Å². The SMILES string of the molecule is Cc1cc(OCC(=O)N[C@@H](C)C2CC2)ccc1[N+](=O)[O-]. The minimum Gasteiger partial charge on any atom is -0.484 e. The quantitative estimate of drug-likeness (QED) is 0.639. The van der Waals surface area contributed by atoms with Crippen molar-refractivity contribution >= 4 is 11.6 Å². The van der Waals surface area contributed by atoms with E-state index >= 15 is 0 Å². The van der Waals surface area contributed by atoms with Gasteiger partial charge in [-0.15, -0.1) is 0 Å². The van der Waals surface area contributed by atoms with Crippen molar-refractivity contribution < 1.29 is 14.5 Å². The molecule has 6 nitrogen and oxygen atoms in total. The number of nitro groups is 1. The first-order chi connectivity index (χ1) is 9.47. The van der Waals surface area contributed by atoms with E-state index in [1.54, 1.807) is 13.0 Å². The van der Waals surface area contributed by atoms with Gasteiger partial charge in [-0.2, -0.15) is 0 Å². The van der Waals surface area contributed by atoms with Gasteiger partial charge in [-0.05, 0) is 44.7 Å². The van der Waals surface area contributed by atoms with Crippen LogP contribution < -0.4 is 10.1 Å². The summed E-state index contributed by atoms with van der Waals surface area (Å²) < 4.78 is 5.35. The fourth-order valence-electron chi connectivity index (χ4n) is 2.08. The number of nitro benzene ring substituents is 1. The summed E-state index contributed by atoms with van der Waals surface area (Å²) in [5.41, 5.74) is 0.559. The predicted octanol–water partition coefficient (Wildman–Crippen LogP) is 2.20. The molecule has 0 aromatic heterocycles. The number of carbonyl (C=O) groups excluding carboxylic acids is 1. The molecule has 1 aromatic carbocycles. The normalized spacial score (nSPS) is 15.5. The van der Waals surface area contributed by atoms with Crippen LogP contribution in [0.5, 0.6) is 5.75 Å². The molecule has 1 aliphatic carbocycles. The van der Waals surface area contributed by atoms with E-state index in [9.17, 15) is 14.9 Å². The third kappa shape index (κ3) is 3.69. The molecular formula is C14H18N2O4. The van der Waals surface area contributed by atoms with E-state index in [2.05, 4.69) is 5.32 Å². The summed E-state index contributed by atoms with van der Waals surface area (Å²) in [5, 5.41) is 13.6. The maximum atomic E-state index is 11.7. The number of benzene rings is 1. The second-order valence-corrected chi connectivity index (χ2v) is 5.19. The van der Waals surface area contributed by atoms with E-state index in [1.807, 2.05) is 6.92 Å². The molecule has 0 aliphatic heterocycles. The zero-order chi connectivity index (χ0) is 14.7. The number of ether oxygens (including phenoxy) is 1. The van der Waals surface area contributed by atoms with Crippen molar-refractivity contribution in [2.45, 2.75) is 32.7 Å². The molecule has 1 aromatic rings. The topological polar surface area (TPSA) is 81.5 Å². The van der Waals surface area contributed by atoms with Crippen LogP contribution in [0.15, 0.2) is 18.2 Å². The van der Waals surface area contributed by atoms with Gasteiger partial charge in [-0.3, -0.25) is 14.9 Å². The lowest BCUT2D eigenvalue weighted by atomic mass is 10.2. The Morgan fingerprint density at radius 3 is 2.80 bits per heavy atom. The monoisotopic (exact) mass is 278 g/mol. The average Bonchev–Trinajstić information content (AvgIpc) is 3.20. The summed E-state index contributed by atoms with van der Waals surface area (Å²) in [4.78, 5) is 21.9. The third-order valence-electron chi connectivity index (χ3n) is 3.45. The van der Waals surface area contributed by atoms with Crippen LogP contribution in [0.1, 0.15) is 25.3 Å². The molecule has 1 amide bonds. The highest BCUT2D eigenvalue weighted by Crippen LogP contribution is 2.32.